The molecule has 1 N–H and O–H groups in total. The Morgan fingerprint density at radius 3 is 2.48 bits per heavy atom. The molecular formula is C14H14ClF2N3O. The van der Waals surface area contributed by atoms with Crippen molar-refractivity contribution in [3.63, 3.8) is 0 Å². The Kier molecular flexibility index (Phi) is 4.90. The highest BCUT2D eigenvalue weighted by molar-refractivity contribution is 6.30. The topological polar surface area (TPSA) is 47.0 Å². The standard InChI is InChI=1S/C14H14ClF2N3O/c1-3-11-19-12(15)8(2)13(20-11)18-9-4-6-10(7-5-9)21-14(16)17/h4-7,14H,3H2,1-2H3,(H,18,19,20). The normalized spacial score (nSPS) is 10.8. The first kappa shape index (κ1) is 15.4. The number of alkyl halides is 2. The van der Waals surface area contributed by atoms with Crippen LogP contribution < -0.4 is 10.1 Å². The average molecular weight is 314 g/mol. The van der Waals surface area contributed by atoms with Crippen molar-refractivity contribution < 1.29 is 13.5 Å². The highest BCUT2D eigenvalue weighted by Gasteiger charge is 2.09. The summed E-state index contributed by atoms with van der Waals surface area (Å²) in [6, 6.07) is 6.15. The quantitative estimate of drug-likeness (QED) is 0.834. The van der Waals surface area contributed by atoms with Gasteiger partial charge in [0.15, 0.2) is 0 Å². The van der Waals surface area contributed by atoms with Crippen LogP contribution in [0.2, 0.25) is 5.15 Å². The molecule has 0 fully saturated rings. The fourth-order valence-electron chi connectivity index (χ4n) is 1.67. The van der Waals surface area contributed by atoms with Gasteiger partial charge in [0.05, 0.1) is 0 Å². The van der Waals surface area contributed by atoms with Gasteiger partial charge in [0.1, 0.15) is 22.5 Å². The molecule has 0 spiro atoms. The molecule has 7 heteroatoms. The zero-order chi connectivity index (χ0) is 15.4. The van der Waals surface area contributed by atoms with E-state index in [0.29, 0.717) is 28.9 Å². The fraction of sp³-hybridized carbons (Fsp3) is 0.286. The highest BCUT2D eigenvalue weighted by Crippen LogP contribution is 2.25. The van der Waals surface area contributed by atoms with Crippen molar-refractivity contribution in [1.29, 1.82) is 0 Å². The van der Waals surface area contributed by atoms with E-state index >= 15 is 0 Å². The molecular weight excluding hydrogens is 300 g/mol. The number of rotatable bonds is 5. The maximum atomic E-state index is 12.1. The molecule has 1 heterocycles. The molecule has 0 atom stereocenters. The number of anilines is 2. The fourth-order valence-corrected chi connectivity index (χ4v) is 1.86. The van der Waals surface area contributed by atoms with Crippen LogP contribution in [-0.2, 0) is 6.42 Å². The number of halogens is 3. The Labute approximate surface area is 126 Å². The van der Waals surface area contributed by atoms with Crippen LogP contribution in [0, 0.1) is 6.92 Å². The number of benzene rings is 1. The van der Waals surface area contributed by atoms with E-state index in [-0.39, 0.29) is 5.75 Å². The lowest BCUT2D eigenvalue weighted by Crippen LogP contribution is -2.04. The van der Waals surface area contributed by atoms with E-state index in [1.807, 2.05) is 6.92 Å². The summed E-state index contributed by atoms with van der Waals surface area (Å²) in [7, 11) is 0. The van der Waals surface area contributed by atoms with E-state index in [4.69, 9.17) is 11.6 Å². The first-order valence-corrected chi connectivity index (χ1v) is 6.72. The largest absolute Gasteiger partial charge is 0.435 e. The molecule has 0 amide bonds. The van der Waals surface area contributed by atoms with Gasteiger partial charge in [-0.25, -0.2) is 9.97 Å². The van der Waals surface area contributed by atoms with Crippen LogP contribution in [0.4, 0.5) is 20.3 Å². The minimum Gasteiger partial charge on any atom is -0.435 e. The minimum atomic E-state index is -2.83. The number of hydrogen-bond acceptors (Lipinski definition) is 4. The molecule has 0 saturated heterocycles. The Hall–Kier alpha value is -1.95. The molecule has 0 aliphatic heterocycles. The molecule has 2 aromatic rings. The molecule has 0 bridgehead atoms. The second kappa shape index (κ2) is 6.67. The van der Waals surface area contributed by atoms with Gasteiger partial charge in [-0.05, 0) is 31.2 Å². The SMILES string of the molecule is CCc1nc(Cl)c(C)c(Nc2ccc(OC(F)F)cc2)n1. The molecule has 0 aliphatic rings. The highest BCUT2D eigenvalue weighted by atomic mass is 35.5. The molecule has 0 unspecified atom stereocenters. The summed E-state index contributed by atoms with van der Waals surface area (Å²) in [5, 5.41) is 3.48. The van der Waals surface area contributed by atoms with Gasteiger partial charge in [0, 0.05) is 17.7 Å². The van der Waals surface area contributed by atoms with Crippen molar-refractivity contribution >= 4 is 23.1 Å². The molecule has 21 heavy (non-hydrogen) atoms. The van der Waals surface area contributed by atoms with Gasteiger partial charge in [-0.15, -0.1) is 0 Å². The van der Waals surface area contributed by atoms with E-state index in [9.17, 15) is 8.78 Å². The smallest absolute Gasteiger partial charge is 0.387 e. The summed E-state index contributed by atoms with van der Waals surface area (Å²) < 4.78 is 28.4. The van der Waals surface area contributed by atoms with E-state index < -0.39 is 6.61 Å². The third-order valence-corrected chi connectivity index (χ3v) is 3.16. The van der Waals surface area contributed by atoms with E-state index in [2.05, 4.69) is 20.0 Å². The van der Waals surface area contributed by atoms with Gasteiger partial charge in [-0.3, -0.25) is 0 Å². The van der Waals surface area contributed by atoms with Crippen molar-refractivity contribution in [1.82, 2.24) is 9.97 Å². The van der Waals surface area contributed by atoms with Crippen molar-refractivity contribution in [3.05, 3.63) is 40.8 Å². The number of nitrogens with zero attached hydrogens (tertiary/aromatic N) is 2. The summed E-state index contributed by atoms with van der Waals surface area (Å²) in [5.74, 6) is 1.32. The van der Waals surface area contributed by atoms with Crippen LogP contribution in [-0.4, -0.2) is 16.6 Å². The van der Waals surface area contributed by atoms with E-state index in [1.165, 1.54) is 12.1 Å². The molecule has 1 aromatic carbocycles. The average Bonchev–Trinajstić information content (AvgIpc) is 2.45. The van der Waals surface area contributed by atoms with Gasteiger partial charge in [0.2, 0.25) is 0 Å². The maximum absolute atomic E-state index is 12.1. The lowest BCUT2D eigenvalue weighted by Gasteiger charge is -2.11. The van der Waals surface area contributed by atoms with Crippen molar-refractivity contribution in [3.8, 4) is 5.75 Å². The van der Waals surface area contributed by atoms with Crippen LogP contribution in [0.3, 0.4) is 0 Å². The minimum absolute atomic E-state index is 0.0993. The Morgan fingerprint density at radius 1 is 1.24 bits per heavy atom. The van der Waals surface area contributed by atoms with Gasteiger partial charge in [-0.1, -0.05) is 18.5 Å². The molecule has 1 aromatic heterocycles. The number of hydrogen-bond donors (Lipinski definition) is 1. The number of aromatic nitrogens is 2. The summed E-state index contributed by atoms with van der Waals surface area (Å²) in [5.41, 5.74) is 1.42. The molecule has 0 radical (unpaired) electrons. The van der Waals surface area contributed by atoms with Crippen LogP contribution in [0.5, 0.6) is 5.75 Å². The zero-order valence-electron chi connectivity index (χ0n) is 11.5. The monoisotopic (exact) mass is 313 g/mol. The molecule has 4 nitrogen and oxygen atoms in total. The summed E-state index contributed by atoms with van der Waals surface area (Å²) in [6.45, 7) is 0.901. The Morgan fingerprint density at radius 2 is 1.90 bits per heavy atom. The predicted molar refractivity (Wildman–Crippen MR) is 77.5 cm³/mol. The van der Waals surface area contributed by atoms with Crippen molar-refractivity contribution in [2.75, 3.05) is 5.32 Å². The number of nitrogens with one attached hydrogen (secondary N) is 1. The van der Waals surface area contributed by atoms with Crippen molar-refractivity contribution in [2.45, 2.75) is 26.9 Å². The number of aryl methyl sites for hydroxylation is 1. The Balaban J connectivity index is 2.20. The zero-order valence-corrected chi connectivity index (χ0v) is 12.3. The predicted octanol–water partition coefficient (Wildman–Crippen LogP) is 4.35. The molecule has 112 valence electrons. The van der Waals surface area contributed by atoms with Crippen LogP contribution in [0.15, 0.2) is 24.3 Å². The van der Waals surface area contributed by atoms with Gasteiger partial charge in [-0.2, -0.15) is 8.78 Å². The molecule has 0 aliphatic carbocycles. The third-order valence-electron chi connectivity index (χ3n) is 2.79. The van der Waals surface area contributed by atoms with Gasteiger partial charge < -0.3 is 10.1 Å². The van der Waals surface area contributed by atoms with Crippen LogP contribution in [0.1, 0.15) is 18.3 Å². The Bertz CT molecular complexity index is 620. The summed E-state index contributed by atoms with van der Waals surface area (Å²) >= 11 is 6.05. The number of ether oxygens (including phenoxy) is 1. The second-order valence-electron chi connectivity index (χ2n) is 4.29. The lowest BCUT2D eigenvalue weighted by atomic mass is 10.2. The second-order valence-corrected chi connectivity index (χ2v) is 4.64. The first-order chi connectivity index (χ1) is 9.99. The van der Waals surface area contributed by atoms with Crippen LogP contribution in [0.25, 0.3) is 0 Å². The van der Waals surface area contributed by atoms with Gasteiger partial charge in [0.25, 0.3) is 0 Å². The summed E-state index contributed by atoms with van der Waals surface area (Å²) in [6.07, 6.45) is 0.663. The molecule has 2 rings (SSSR count). The van der Waals surface area contributed by atoms with E-state index in [1.54, 1.807) is 19.1 Å². The maximum Gasteiger partial charge on any atom is 0.387 e. The first-order valence-electron chi connectivity index (χ1n) is 6.34. The molecule has 0 saturated carbocycles. The van der Waals surface area contributed by atoms with Crippen LogP contribution >= 0.6 is 11.6 Å². The van der Waals surface area contributed by atoms with Gasteiger partial charge >= 0.3 is 6.61 Å². The lowest BCUT2D eigenvalue weighted by molar-refractivity contribution is -0.0498. The van der Waals surface area contributed by atoms with E-state index in [0.717, 1.165) is 5.56 Å². The third kappa shape index (κ3) is 4.01. The summed E-state index contributed by atoms with van der Waals surface area (Å²) in [4.78, 5) is 8.51. The van der Waals surface area contributed by atoms with Crippen molar-refractivity contribution in [2.24, 2.45) is 0 Å².